The number of hydrogen-bond donors (Lipinski definition) is 1. The molecular formula is C15H15N3O2. The van der Waals surface area contributed by atoms with E-state index >= 15 is 0 Å². The Hall–Kier alpha value is -2.19. The maximum absolute atomic E-state index is 11.5. The lowest BCUT2D eigenvalue weighted by Gasteiger charge is -2.31. The SMILES string of the molecule is N#Cc1ccc2ncn(CC3(O)CCCC(=O)C3)c2c1. The first kappa shape index (κ1) is 12.8. The number of benzene rings is 1. The number of ketones is 1. The highest BCUT2D eigenvalue weighted by Gasteiger charge is 2.34. The monoisotopic (exact) mass is 269 g/mol. The Balaban J connectivity index is 1.94. The van der Waals surface area contributed by atoms with Crippen LogP contribution in [-0.4, -0.2) is 26.0 Å². The molecule has 1 aliphatic carbocycles. The largest absolute Gasteiger partial charge is 0.388 e. The first-order valence-electron chi connectivity index (χ1n) is 6.69. The van der Waals surface area contributed by atoms with Gasteiger partial charge in [-0.05, 0) is 31.0 Å². The van der Waals surface area contributed by atoms with Gasteiger partial charge in [-0.15, -0.1) is 0 Å². The van der Waals surface area contributed by atoms with E-state index in [0.717, 1.165) is 17.5 Å². The van der Waals surface area contributed by atoms with Gasteiger partial charge in [-0.25, -0.2) is 4.98 Å². The second-order valence-electron chi connectivity index (χ2n) is 5.48. The highest BCUT2D eigenvalue weighted by molar-refractivity contribution is 5.80. The molecule has 1 heterocycles. The standard InChI is InChI=1S/C15H15N3O2/c16-8-11-3-4-13-14(6-11)18(10-17-13)9-15(20)5-1-2-12(19)7-15/h3-4,6,10,20H,1-2,5,7,9H2. The average Bonchev–Trinajstić information content (AvgIpc) is 2.80. The summed E-state index contributed by atoms with van der Waals surface area (Å²) < 4.78 is 1.83. The molecule has 0 saturated heterocycles. The highest BCUT2D eigenvalue weighted by Crippen LogP contribution is 2.28. The number of rotatable bonds is 2. The van der Waals surface area contributed by atoms with Crippen LogP contribution >= 0.6 is 0 Å². The first-order valence-corrected chi connectivity index (χ1v) is 6.69. The zero-order valence-electron chi connectivity index (χ0n) is 11.0. The Bertz CT molecular complexity index is 713. The van der Waals surface area contributed by atoms with Crippen molar-refractivity contribution in [2.24, 2.45) is 0 Å². The summed E-state index contributed by atoms with van der Waals surface area (Å²) in [7, 11) is 0. The number of aromatic nitrogens is 2. The zero-order chi connectivity index (χ0) is 14.2. The van der Waals surface area contributed by atoms with Crippen LogP contribution in [0, 0.1) is 11.3 Å². The van der Waals surface area contributed by atoms with Gasteiger partial charge in [-0.1, -0.05) is 0 Å². The first-order chi connectivity index (χ1) is 9.59. The van der Waals surface area contributed by atoms with Crippen LogP contribution in [0.1, 0.15) is 31.2 Å². The third-order valence-electron chi connectivity index (χ3n) is 3.84. The van der Waals surface area contributed by atoms with Crippen molar-refractivity contribution in [1.29, 1.82) is 5.26 Å². The van der Waals surface area contributed by atoms with Crippen LogP contribution in [0.3, 0.4) is 0 Å². The van der Waals surface area contributed by atoms with Crippen LogP contribution in [0.25, 0.3) is 11.0 Å². The minimum Gasteiger partial charge on any atom is -0.388 e. The predicted molar refractivity (Wildman–Crippen MR) is 72.9 cm³/mol. The maximum atomic E-state index is 11.5. The third-order valence-corrected chi connectivity index (χ3v) is 3.84. The van der Waals surface area contributed by atoms with E-state index < -0.39 is 5.60 Å². The topological polar surface area (TPSA) is 78.9 Å². The molecule has 5 heteroatoms. The van der Waals surface area contributed by atoms with Crippen molar-refractivity contribution in [3.63, 3.8) is 0 Å². The molecule has 0 radical (unpaired) electrons. The van der Waals surface area contributed by atoms with Gasteiger partial charge in [0, 0.05) is 12.8 Å². The molecule has 102 valence electrons. The molecule has 20 heavy (non-hydrogen) atoms. The predicted octanol–water partition coefficient (Wildman–Crippen LogP) is 1.78. The summed E-state index contributed by atoms with van der Waals surface area (Å²) in [5.74, 6) is 0.112. The minimum atomic E-state index is -0.994. The quantitative estimate of drug-likeness (QED) is 0.901. The molecule has 1 N–H and O–H groups in total. The van der Waals surface area contributed by atoms with Gasteiger partial charge >= 0.3 is 0 Å². The van der Waals surface area contributed by atoms with Crippen molar-refractivity contribution in [2.75, 3.05) is 0 Å². The molecule has 0 bridgehead atoms. The van der Waals surface area contributed by atoms with E-state index in [1.165, 1.54) is 0 Å². The number of hydrogen-bond acceptors (Lipinski definition) is 4. The van der Waals surface area contributed by atoms with Crippen LogP contribution in [0.2, 0.25) is 0 Å². The van der Waals surface area contributed by atoms with Crippen molar-refractivity contribution >= 4 is 16.8 Å². The van der Waals surface area contributed by atoms with Gasteiger partial charge < -0.3 is 9.67 Å². The van der Waals surface area contributed by atoms with Crippen molar-refractivity contribution < 1.29 is 9.90 Å². The summed E-state index contributed by atoms with van der Waals surface area (Å²) in [6.07, 6.45) is 3.76. The molecule has 2 aromatic rings. The molecule has 1 fully saturated rings. The highest BCUT2D eigenvalue weighted by atomic mass is 16.3. The lowest BCUT2D eigenvalue weighted by molar-refractivity contribution is -0.128. The number of nitrogens with zero attached hydrogens (tertiary/aromatic N) is 3. The van der Waals surface area contributed by atoms with Gasteiger partial charge in [0.1, 0.15) is 5.78 Å². The summed E-state index contributed by atoms with van der Waals surface area (Å²) in [5, 5.41) is 19.5. The fourth-order valence-corrected chi connectivity index (χ4v) is 2.86. The summed E-state index contributed by atoms with van der Waals surface area (Å²) in [6, 6.07) is 7.37. The van der Waals surface area contributed by atoms with Crippen LogP contribution in [0.5, 0.6) is 0 Å². The smallest absolute Gasteiger partial charge is 0.135 e. The van der Waals surface area contributed by atoms with Crippen LogP contribution in [0.4, 0.5) is 0 Å². The summed E-state index contributed by atoms with van der Waals surface area (Å²) >= 11 is 0. The molecule has 1 atom stereocenters. The van der Waals surface area contributed by atoms with Crippen molar-refractivity contribution in [3.05, 3.63) is 30.1 Å². The Morgan fingerprint density at radius 3 is 3.10 bits per heavy atom. The molecule has 1 aromatic carbocycles. The molecule has 1 saturated carbocycles. The maximum Gasteiger partial charge on any atom is 0.135 e. The second-order valence-corrected chi connectivity index (χ2v) is 5.48. The van der Waals surface area contributed by atoms with Crippen molar-refractivity contribution in [2.45, 2.75) is 37.8 Å². The summed E-state index contributed by atoms with van der Waals surface area (Å²) in [5.41, 5.74) is 1.17. The summed E-state index contributed by atoms with van der Waals surface area (Å²) in [4.78, 5) is 15.8. The van der Waals surface area contributed by atoms with Crippen molar-refractivity contribution in [1.82, 2.24) is 9.55 Å². The molecule has 0 aliphatic heterocycles. The van der Waals surface area contributed by atoms with E-state index in [9.17, 15) is 9.90 Å². The van der Waals surface area contributed by atoms with E-state index in [0.29, 0.717) is 24.9 Å². The van der Waals surface area contributed by atoms with E-state index in [4.69, 9.17) is 5.26 Å². The van der Waals surface area contributed by atoms with Crippen LogP contribution in [-0.2, 0) is 11.3 Å². The molecule has 3 rings (SSSR count). The number of Topliss-reactive ketones (excluding diaryl/α,β-unsaturated/α-hetero) is 1. The van der Waals surface area contributed by atoms with E-state index in [-0.39, 0.29) is 12.2 Å². The fourth-order valence-electron chi connectivity index (χ4n) is 2.86. The van der Waals surface area contributed by atoms with Crippen molar-refractivity contribution in [3.8, 4) is 6.07 Å². The van der Waals surface area contributed by atoms with Crippen LogP contribution in [0.15, 0.2) is 24.5 Å². The van der Waals surface area contributed by atoms with Gasteiger partial charge in [0.05, 0.1) is 41.1 Å². The third kappa shape index (κ3) is 2.30. The Morgan fingerprint density at radius 2 is 2.35 bits per heavy atom. The lowest BCUT2D eigenvalue weighted by atomic mass is 9.84. The lowest BCUT2D eigenvalue weighted by Crippen LogP contribution is -2.39. The average molecular weight is 269 g/mol. The van der Waals surface area contributed by atoms with Gasteiger partial charge in [0.25, 0.3) is 0 Å². The Morgan fingerprint density at radius 1 is 1.50 bits per heavy atom. The minimum absolute atomic E-state index is 0.112. The number of carbonyl (C=O) groups is 1. The van der Waals surface area contributed by atoms with Gasteiger partial charge in [0.2, 0.25) is 0 Å². The van der Waals surface area contributed by atoms with E-state index in [1.54, 1.807) is 24.5 Å². The van der Waals surface area contributed by atoms with Gasteiger partial charge in [0.15, 0.2) is 0 Å². The Labute approximate surface area is 116 Å². The number of nitriles is 1. The van der Waals surface area contributed by atoms with Crippen LogP contribution < -0.4 is 0 Å². The number of fused-ring (bicyclic) bond motifs is 1. The normalized spacial score (nSPS) is 22.9. The molecule has 1 aliphatic rings. The van der Waals surface area contributed by atoms with Gasteiger partial charge in [-0.2, -0.15) is 5.26 Å². The van der Waals surface area contributed by atoms with E-state index in [2.05, 4.69) is 11.1 Å². The molecule has 1 aromatic heterocycles. The number of aliphatic hydroxyl groups is 1. The summed E-state index contributed by atoms with van der Waals surface area (Å²) in [6.45, 7) is 0.337. The molecule has 0 amide bonds. The van der Waals surface area contributed by atoms with Gasteiger partial charge in [-0.3, -0.25) is 4.79 Å². The fraction of sp³-hybridized carbons (Fsp3) is 0.400. The molecular weight excluding hydrogens is 254 g/mol. The molecule has 5 nitrogen and oxygen atoms in total. The second kappa shape index (κ2) is 4.73. The number of carbonyl (C=O) groups excluding carboxylic acids is 1. The van der Waals surface area contributed by atoms with E-state index in [1.807, 2.05) is 4.57 Å². The molecule has 0 spiro atoms. The number of imidazole rings is 1. The Kier molecular flexibility index (Phi) is 3.03. The molecule has 1 unspecified atom stereocenters. The zero-order valence-corrected chi connectivity index (χ0v) is 11.0.